The molecule has 2 heterocycles. The van der Waals surface area contributed by atoms with Gasteiger partial charge in [-0.25, -0.2) is 4.98 Å². The molecule has 1 aromatic heterocycles. The molecule has 2 fully saturated rings. The number of hydrogen-bond acceptors (Lipinski definition) is 5. The molecule has 2 aromatic rings. The largest absolute Gasteiger partial charge is 0.416 e. The summed E-state index contributed by atoms with van der Waals surface area (Å²) in [5, 5.41) is 5.29. The van der Waals surface area contributed by atoms with E-state index in [1.54, 1.807) is 6.07 Å². The second-order valence-electron chi connectivity index (χ2n) is 9.48. The van der Waals surface area contributed by atoms with Crippen LogP contribution in [0.15, 0.2) is 36.4 Å². The third-order valence-corrected chi connectivity index (χ3v) is 6.77. The van der Waals surface area contributed by atoms with Gasteiger partial charge in [0.15, 0.2) is 0 Å². The van der Waals surface area contributed by atoms with Gasteiger partial charge in [0.1, 0.15) is 5.82 Å². The van der Waals surface area contributed by atoms with Crippen molar-refractivity contribution in [1.82, 2.24) is 20.5 Å². The number of nitrogens with zero attached hydrogens (tertiary/aromatic N) is 2. The molecule has 0 radical (unpaired) electrons. The molecule has 4 N–H and O–H groups in total. The number of halogens is 3. The van der Waals surface area contributed by atoms with Crippen LogP contribution in [0.25, 0.3) is 0 Å². The summed E-state index contributed by atoms with van der Waals surface area (Å²) in [5.41, 5.74) is 6.17. The first kappa shape index (κ1) is 25.0. The molecule has 2 amide bonds. The fraction of sp³-hybridized carbons (Fsp3) is 0.480. The summed E-state index contributed by atoms with van der Waals surface area (Å²) in [7, 11) is 0. The minimum atomic E-state index is -4.54. The summed E-state index contributed by atoms with van der Waals surface area (Å²) >= 11 is 0. The predicted molar refractivity (Wildman–Crippen MR) is 126 cm³/mol. The van der Waals surface area contributed by atoms with Crippen LogP contribution in [0.5, 0.6) is 0 Å². The Morgan fingerprint density at radius 1 is 1.11 bits per heavy atom. The molecule has 2 aliphatic rings. The number of nitrogens with one attached hydrogen (secondary N) is 2. The van der Waals surface area contributed by atoms with Gasteiger partial charge in [-0.15, -0.1) is 0 Å². The molecule has 1 aromatic carbocycles. The fourth-order valence-corrected chi connectivity index (χ4v) is 4.95. The van der Waals surface area contributed by atoms with Crippen LogP contribution in [0.1, 0.15) is 58.8 Å². The van der Waals surface area contributed by atoms with Gasteiger partial charge in [0.25, 0.3) is 5.91 Å². The van der Waals surface area contributed by atoms with Crippen molar-refractivity contribution < 1.29 is 22.8 Å². The van der Waals surface area contributed by atoms with Crippen molar-refractivity contribution in [2.75, 3.05) is 25.4 Å². The highest BCUT2D eigenvalue weighted by atomic mass is 19.4. The maximum Gasteiger partial charge on any atom is 0.416 e. The summed E-state index contributed by atoms with van der Waals surface area (Å²) in [6.45, 7) is 2.70. The van der Waals surface area contributed by atoms with Crippen LogP contribution in [-0.4, -0.2) is 53.4 Å². The van der Waals surface area contributed by atoms with E-state index in [0.29, 0.717) is 23.3 Å². The van der Waals surface area contributed by atoms with E-state index < -0.39 is 17.6 Å². The first-order chi connectivity index (χ1) is 16.6. The molecule has 10 heteroatoms. The van der Waals surface area contributed by atoms with Gasteiger partial charge in [-0.3, -0.25) is 14.5 Å². The smallest absolute Gasteiger partial charge is 0.384 e. The number of alkyl halides is 3. The maximum absolute atomic E-state index is 13.0. The number of aryl methyl sites for hydroxylation is 1. The Hall–Kier alpha value is -3.14. The Bertz CT molecular complexity index is 1080. The first-order valence-corrected chi connectivity index (χ1v) is 11.8. The minimum Gasteiger partial charge on any atom is -0.384 e. The van der Waals surface area contributed by atoms with Crippen molar-refractivity contribution in [3.05, 3.63) is 58.8 Å². The average Bonchev–Trinajstić information content (AvgIpc) is 2.79. The molecular formula is C25H30F3N5O2. The normalized spacial score (nSPS) is 21.3. The number of benzene rings is 1. The SMILES string of the molecule is Cc1cc(C(=O)NCC(=O)NC2CN(C3CCC(c4cccc(N)n4)CC3)C2)cc(C(F)(F)F)c1. The second kappa shape index (κ2) is 10.2. The van der Waals surface area contributed by atoms with E-state index in [1.807, 2.05) is 12.1 Å². The number of nitrogens with two attached hydrogens (primary N) is 1. The Kier molecular flexibility index (Phi) is 7.30. The van der Waals surface area contributed by atoms with Crippen molar-refractivity contribution in [1.29, 1.82) is 0 Å². The first-order valence-electron chi connectivity index (χ1n) is 11.8. The minimum absolute atomic E-state index is 0.00326. The van der Waals surface area contributed by atoms with Crippen LogP contribution >= 0.6 is 0 Å². The van der Waals surface area contributed by atoms with E-state index in [2.05, 4.69) is 20.5 Å². The monoisotopic (exact) mass is 489 g/mol. The fourth-order valence-electron chi connectivity index (χ4n) is 4.95. The van der Waals surface area contributed by atoms with E-state index in [0.717, 1.165) is 56.6 Å². The van der Waals surface area contributed by atoms with Gasteiger partial charge < -0.3 is 16.4 Å². The van der Waals surface area contributed by atoms with Crippen molar-refractivity contribution in [3.63, 3.8) is 0 Å². The number of anilines is 1. The zero-order valence-electron chi connectivity index (χ0n) is 19.6. The third kappa shape index (κ3) is 6.30. The molecule has 1 saturated carbocycles. The molecule has 0 spiro atoms. The van der Waals surface area contributed by atoms with Gasteiger partial charge in [0, 0.05) is 36.3 Å². The van der Waals surface area contributed by atoms with Gasteiger partial charge in [-0.1, -0.05) is 6.07 Å². The molecule has 1 aliphatic carbocycles. The molecule has 1 aliphatic heterocycles. The molecule has 188 valence electrons. The van der Waals surface area contributed by atoms with E-state index in [-0.39, 0.29) is 24.1 Å². The number of carbonyl (C=O) groups excluding carboxylic acids is 2. The molecular weight excluding hydrogens is 459 g/mol. The van der Waals surface area contributed by atoms with Crippen LogP contribution < -0.4 is 16.4 Å². The third-order valence-electron chi connectivity index (χ3n) is 6.77. The Morgan fingerprint density at radius 3 is 2.49 bits per heavy atom. The second-order valence-corrected chi connectivity index (χ2v) is 9.48. The van der Waals surface area contributed by atoms with Gasteiger partial charge in [0.2, 0.25) is 5.91 Å². The molecule has 0 bridgehead atoms. The molecule has 35 heavy (non-hydrogen) atoms. The van der Waals surface area contributed by atoms with Gasteiger partial charge in [-0.05, 0) is 68.5 Å². The molecule has 1 saturated heterocycles. The van der Waals surface area contributed by atoms with Crippen molar-refractivity contribution in [3.8, 4) is 0 Å². The number of likely N-dealkylation sites (tertiary alicyclic amines) is 1. The quantitative estimate of drug-likeness (QED) is 0.579. The maximum atomic E-state index is 13.0. The summed E-state index contributed by atoms with van der Waals surface area (Å²) in [6, 6.07) is 9.38. The van der Waals surface area contributed by atoms with E-state index >= 15 is 0 Å². The number of hydrogen-bond donors (Lipinski definition) is 3. The number of amides is 2. The lowest BCUT2D eigenvalue weighted by Crippen LogP contribution is -2.63. The van der Waals surface area contributed by atoms with Crippen LogP contribution in [0, 0.1) is 6.92 Å². The van der Waals surface area contributed by atoms with E-state index in [4.69, 9.17) is 5.73 Å². The van der Waals surface area contributed by atoms with Crippen LogP contribution in [0.4, 0.5) is 19.0 Å². The van der Waals surface area contributed by atoms with Crippen molar-refractivity contribution >= 4 is 17.6 Å². The summed E-state index contributed by atoms with van der Waals surface area (Å²) in [5.74, 6) is -0.0954. The Labute approximate surface area is 202 Å². The lowest BCUT2D eigenvalue weighted by molar-refractivity contribution is -0.137. The highest BCUT2D eigenvalue weighted by Crippen LogP contribution is 2.35. The van der Waals surface area contributed by atoms with Crippen LogP contribution in [0.3, 0.4) is 0 Å². The standard InChI is InChI=1S/C25H30F3N5O2/c1-15-9-17(11-18(10-15)25(26,27)28)24(35)30-12-23(34)31-19-13-33(14-19)20-7-5-16(6-8-20)21-3-2-4-22(29)32-21/h2-4,9-11,16,19-20H,5-8,12-14H2,1H3,(H2,29,32)(H,30,35)(H,31,34). The van der Waals surface area contributed by atoms with E-state index in [9.17, 15) is 22.8 Å². The van der Waals surface area contributed by atoms with E-state index in [1.165, 1.54) is 13.0 Å². The zero-order chi connectivity index (χ0) is 25.2. The summed E-state index contributed by atoms with van der Waals surface area (Å²) in [4.78, 5) is 31.3. The molecule has 4 rings (SSSR count). The van der Waals surface area contributed by atoms with Crippen LogP contribution in [-0.2, 0) is 11.0 Å². The lowest BCUT2D eigenvalue weighted by atomic mass is 9.82. The number of aromatic nitrogens is 1. The van der Waals surface area contributed by atoms with Gasteiger partial charge in [-0.2, -0.15) is 13.2 Å². The lowest BCUT2D eigenvalue weighted by Gasteiger charge is -2.46. The van der Waals surface area contributed by atoms with Gasteiger partial charge in [0.05, 0.1) is 18.2 Å². The zero-order valence-corrected chi connectivity index (χ0v) is 19.6. The number of carbonyl (C=O) groups is 2. The van der Waals surface area contributed by atoms with Crippen molar-refractivity contribution in [2.24, 2.45) is 0 Å². The summed E-state index contributed by atoms with van der Waals surface area (Å²) in [6.07, 6.45) is -0.311. The predicted octanol–water partition coefficient (Wildman–Crippen LogP) is 3.25. The highest BCUT2D eigenvalue weighted by Gasteiger charge is 2.36. The van der Waals surface area contributed by atoms with Gasteiger partial charge >= 0.3 is 6.18 Å². The van der Waals surface area contributed by atoms with Crippen molar-refractivity contribution in [2.45, 2.75) is 56.8 Å². The number of nitrogen functional groups attached to an aromatic ring is 1. The Balaban J connectivity index is 1.18. The average molecular weight is 490 g/mol. The highest BCUT2D eigenvalue weighted by molar-refractivity contribution is 5.96. The van der Waals surface area contributed by atoms with Crippen LogP contribution in [0.2, 0.25) is 0 Å². The molecule has 0 atom stereocenters. The summed E-state index contributed by atoms with van der Waals surface area (Å²) < 4.78 is 39.0. The number of pyridine rings is 1. The Morgan fingerprint density at radius 2 is 1.83 bits per heavy atom. The topological polar surface area (TPSA) is 100 Å². The molecule has 0 unspecified atom stereocenters. The number of rotatable bonds is 6. The molecule has 7 nitrogen and oxygen atoms in total.